The molecule has 18 heavy (non-hydrogen) atoms. The predicted octanol–water partition coefficient (Wildman–Crippen LogP) is 6.50. The van der Waals surface area contributed by atoms with Gasteiger partial charge in [0.1, 0.15) is 0 Å². The van der Waals surface area contributed by atoms with Crippen molar-refractivity contribution in [1.29, 1.82) is 0 Å². The highest BCUT2D eigenvalue weighted by molar-refractivity contribution is 4.64. The Labute approximate surface area is 115 Å². The van der Waals surface area contributed by atoms with E-state index in [1.807, 2.05) is 0 Å². The zero-order chi connectivity index (χ0) is 13.5. The van der Waals surface area contributed by atoms with Gasteiger partial charge >= 0.3 is 0 Å². The van der Waals surface area contributed by atoms with Crippen molar-refractivity contribution in [1.82, 2.24) is 0 Å². The number of hydrogen-bond donors (Lipinski definition) is 0. The van der Waals surface area contributed by atoms with Gasteiger partial charge in [0, 0.05) is 0 Å². The first-order valence-electron chi connectivity index (χ1n) is 8.22. The standard InChI is InChI=1S/C17H34F/c1-3-5-7-9-11-13-15-17(16-18)14-12-10-8-6-4-2/h6,17H,3-5,7-16H2,1-2H3. The van der Waals surface area contributed by atoms with Crippen LogP contribution in [-0.4, -0.2) is 6.67 Å². The molecule has 1 atom stereocenters. The lowest BCUT2D eigenvalue weighted by molar-refractivity contribution is 0.310. The molecule has 0 aliphatic heterocycles. The second-order valence-electron chi connectivity index (χ2n) is 5.56. The summed E-state index contributed by atoms with van der Waals surface area (Å²) in [6.45, 7) is 4.32. The van der Waals surface area contributed by atoms with E-state index in [4.69, 9.17) is 0 Å². The molecule has 0 saturated carbocycles. The van der Waals surface area contributed by atoms with Crippen LogP contribution in [0.15, 0.2) is 0 Å². The summed E-state index contributed by atoms with van der Waals surface area (Å²) in [6.07, 6.45) is 17.3. The lowest BCUT2D eigenvalue weighted by atomic mass is 9.95. The molecule has 0 saturated heterocycles. The molecule has 0 aromatic heterocycles. The molecule has 0 nitrogen and oxygen atoms in total. The normalized spacial score (nSPS) is 12.8. The number of unbranched alkanes of at least 4 members (excludes halogenated alkanes) is 9. The van der Waals surface area contributed by atoms with Gasteiger partial charge < -0.3 is 0 Å². The van der Waals surface area contributed by atoms with E-state index in [1.165, 1.54) is 64.2 Å². The van der Waals surface area contributed by atoms with E-state index < -0.39 is 0 Å². The average Bonchev–Trinajstić information content (AvgIpc) is 2.40. The monoisotopic (exact) mass is 257 g/mol. The molecule has 0 aromatic rings. The highest BCUT2D eigenvalue weighted by Gasteiger charge is 2.07. The highest BCUT2D eigenvalue weighted by atomic mass is 19.1. The molecular formula is C17H34F. The van der Waals surface area contributed by atoms with Crippen LogP contribution < -0.4 is 0 Å². The Morgan fingerprint density at radius 1 is 0.833 bits per heavy atom. The Balaban J connectivity index is 3.29. The Kier molecular flexibility index (Phi) is 14.9. The lowest BCUT2D eigenvalue weighted by Crippen LogP contribution is -2.03. The maximum atomic E-state index is 12.9. The van der Waals surface area contributed by atoms with Gasteiger partial charge in [-0.1, -0.05) is 78.1 Å². The molecule has 0 fully saturated rings. The fraction of sp³-hybridized carbons (Fsp3) is 0.941. The molecule has 0 spiro atoms. The first-order valence-corrected chi connectivity index (χ1v) is 8.22. The summed E-state index contributed by atoms with van der Waals surface area (Å²) < 4.78 is 12.9. The Morgan fingerprint density at radius 2 is 1.44 bits per heavy atom. The largest absolute Gasteiger partial charge is 0.251 e. The Bertz CT molecular complexity index is 145. The van der Waals surface area contributed by atoms with E-state index >= 15 is 0 Å². The number of hydrogen-bond acceptors (Lipinski definition) is 0. The summed E-state index contributed by atoms with van der Waals surface area (Å²) in [5, 5.41) is 0. The van der Waals surface area contributed by atoms with Crippen molar-refractivity contribution in [2.45, 2.75) is 90.9 Å². The zero-order valence-corrected chi connectivity index (χ0v) is 12.7. The van der Waals surface area contributed by atoms with E-state index in [2.05, 4.69) is 20.3 Å². The van der Waals surface area contributed by atoms with Gasteiger partial charge in [-0.05, 0) is 25.2 Å². The molecule has 0 bridgehead atoms. The molecule has 0 heterocycles. The molecule has 0 N–H and O–H groups in total. The maximum absolute atomic E-state index is 12.9. The molecule has 1 heteroatoms. The minimum atomic E-state index is -0.105. The minimum absolute atomic E-state index is 0.105. The van der Waals surface area contributed by atoms with Crippen molar-refractivity contribution in [3.63, 3.8) is 0 Å². The van der Waals surface area contributed by atoms with Crippen LogP contribution in [-0.2, 0) is 0 Å². The summed E-state index contributed by atoms with van der Waals surface area (Å²) in [5.41, 5.74) is 0. The van der Waals surface area contributed by atoms with Crippen LogP contribution in [0.4, 0.5) is 4.39 Å². The number of halogens is 1. The van der Waals surface area contributed by atoms with Crippen LogP contribution in [0.25, 0.3) is 0 Å². The van der Waals surface area contributed by atoms with Gasteiger partial charge in [0.05, 0.1) is 6.67 Å². The second kappa shape index (κ2) is 15.0. The van der Waals surface area contributed by atoms with Crippen molar-refractivity contribution in [2.75, 3.05) is 6.67 Å². The van der Waals surface area contributed by atoms with Crippen LogP contribution >= 0.6 is 0 Å². The van der Waals surface area contributed by atoms with Crippen LogP contribution in [0.2, 0.25) is 0 Å². The van der Waals surface area contributed by atoms with Gasteiger partial charge in [-0.2, -0.15) is 0 Å². The fourth-order valence-electron chi connectivity index (χ4n) is 2.44. The minimum Gasteiger partial charge on any atom is -0.251 e. The Hall–Kier alpha value is -0.0700. The molecule has 0 aliphatic carbocycles. The number of alkyl halides is 1. The molecule has 109 valence electrons. The average molecular weight is 257 g/mol. The van der Waals surface area contributed by atoms with Gasteiger partial charge in [0.2, 0.25) is 0 Å². The molecule has 1 radical (unpaired) electrons. The van der Waals surface area contributed by atoms with Gasteiger partial charge in [0.15, 0.2) is 0 Å². The maximum Gasteiger partial charge on any atom is 0.0922 e. The van der Waals surface area contributed by atoms with Gasteiger partial charge in [-0.3, -0.25) is 4.39 Å². The predicted molar refractivity (Wildman–Crippen MR) is 80.5 cm³/mol. The van der Waals surface area contributed by atoms with Gasteiger partial charge in [-0.25, -0.2) is 0 Å². The van der Waals surface area contributed by atoms with Crippen LogP contribution in [0.5, 0.6) is 0 Å². The van der Waals surface area contributed by atoms with Crippen molar-refractivity contribution < 1.29 is 4.39 Å². The summed E-state index contributed by atoms with van der Waals surface area (Å²) in [7, 11) is 0. The summed E-state index contributed by atoms with van der Waals surface area (Å²) in [5.74, 6) is 0.345. The van der Waals surface area contributed by atoms with Crippen LogP contribution in [0.1, 0.15) is 90.9 Å². The number of rotatable bonds is 14. The molecule has 0 aromatic carbocycles. The molecule has 0 amide bonds. The topological polar surface area (TPSA) is 0 Å². The fourth-order valence-corrected chi connectivity index (χ4v) is 2.44. The van der Waals surface area contributed by atoms with E-state index in [-0.39, 0.29) is 6.67 Å². The molecule has 0 aliphatic rings. The molecular weight excluding hydrogens is 223 g/mol. The SMILES string of the molecule is CC[CH]CCCCC(CF)CCCCCCCC. The van der Waals surface area contributed by atoms with E-state index in [0.717, 1.165) is 12.8 Å². The van der Waals surface area contributed by atoms with Crippen molar-refractivity contribution in [3.8, 4) is 0 Å². The van der Waals surface area contributed by atoms with Crippen molar-refractivity contribution in [3.05, 3.63) is 6.42 Å². The van der Waals surface area contributed by atoms with Crippen LogP contribution in [0, 0.1) is 12.3 Å². The van der Waals surface area contributed by atoms with Crippen molar-refractivity contribution >= 4 is 0 Å². The van der Waals surface area contributed by atoms with Crippen LogP contribution in [0.3, 0.4) is 0 Å². The first-order chi connectivity index (χ1) is 8.85. The summed E-state index contributed by atoms with van der Waals surface area (Å²) in [4.78, 5) is 0. The lowest BCUT2D eigenvalue weighted by Gasteiger charge is -2.12. The first kappa shape index (κ1) is 17.9. The quantitative estimate of drug-likeness (QED) is 0.312. The summed E-state index contributed by atoms with van der Waals surface area (Å²) in [6, 6.07) is 0. The van der Waals surface area contributed by atoms with Gasteiger partial charge in [-0.15, -0.1) is 0 Å². The Morgan fingerprint density at radius 3 is 2.06 bits per heavy atom. The smallest absolute Gasteiger partial charge is 0.0922 e. The second-order valence-corrected chi connectivity index (χ2v) is 5.56. The third-order valence-electron chi connectivity index (χ3n) is 3.74. The van der Waals surface area contributed by atoms with Gasteiger partial charge in [0.25, 0.3) is 0 Å². The molecule has 1 unspecified atom stereocenters. The van der Waals surface area contributed by atoms with E-state index in [9.17, 15) is 4.39 Å². The summed E-state index contributed by atoms with van der Waals surface area (Å²) >= 11 is 0. The zero-order valence-electron chi connectivity index (χ0n) is 12.7. The van der Waals surface area contributed by atoms with E-state index in [1.54, 1.807) is 0 Å². The van der Waals surface area contributed by atoms with Crippen molar-refractivity contribution in [2.24, 2.45) is 5.92 Å². The van der Waals surface area contributed by atoms with E-state index in [0.29, 0.717) is 5.92 Å². The third-order valence-corrected chi connectivity index (χ3v) is 3.74. The highest BCUT2D eigenvalue weighted by Crippen LogP contribution is 2.19. The third kappa shape index (κ3) is 12.4. The molecule has 0 rings (SSSR count).